The highest BCUT2D eigenvalue weighted by atomic mass is 35.5. The maximum absolute atomic E-state index is 11.0. The zero-order chi connectivity index (χ0) is 107. The molecule has 0 spiro atoms. The number of methoxy groups -OCH3 is 1. The van der Waals surface area contributed by atoms with Gasteiger partial charge < -0.3 is 182 Å². The number of aromatic nitrogens is 20. The van der Waals surface area contributed by atoms with E-state index in [1.807, 2.05) is 6.92 Å². The van der Waals surface area contributed by atoms with Crippen LogP contribution in [0.2, 0.25) is 5.28 Å². The van der Waals surface area contributed by atoms with Crippen LogP contribution in [0.4, 0.5) is 29.1 Å². The molecular formula is C81H123ClN25O37P5. The van der Waals surface area contributed by atoms with Gasteiger partial charge in [0.05, 0.1) is 84.0 Å². The van der Waals surface area contributed by atoms with Crippen molar-refractivity contribution in [3.05, 3.63) is 60.2 Å². The van der Waals surface area contributed by atoms with Crippen LogP contribution in [0.1, 0.15) is 113 Å². The number of aliphatic hydroxyl groups is 10. The molecule has 0 radical (unpaired) electrons. The molecule has 21 N–H and O–H groups in total. The van der Waals surface area contributed by atoms with Gasteiger partial charge >= 0.3 is 38.0 Å². The minimum absolute atomic E-state index is 0.0255. The van der Waals surface area contributed by atoms with E-state index in [1.54, 1.807) is 43.9 Å². The molecule has 19 rings (SSSR count). The van der Waals surface area contributed by atoms with Gasteiger partial charge in [0.2, 0.25) is 5.28 Å². The first-order valence-corrected chi connectivity index (χ1v) is 56.8. The number of hydrogen-bond donors (Lipinski definition) is 21. The van der Waals surface area contributed by atoms with Gasteiger partial charge in [-0.15, -0.1) is 0 Å². The molecule has 68 heteroatoms. The molecule has 9 fully saturated rings. The molecule has 9 saturated heterocycles. The molecule has 0 amide bonds. The molecule has 20 atom stereocenters. The summed E-state index contributed by atoms with van der Waals surface area (Å²) in [4.78, 5) is 164. The standard InChI is InChI=1S/C18H28N5O8P.C17H26N5O7P.C16H24N5O8P.C16H24N5O7P.C14H21ClN5O7P/c1-10-20-16(22-5-3-11(29-2)4-6-22)13-17(21-10)23(8-19-13)18-15(25)14(24)12(31-18)7-30-9-32(26,27)28;1-10-19-15(21-5-3-2-4-6-21)12-16(20-10)22(8-18-12)17-14(24)13(23)11(29-17)7-28-9-30(25,26)27;1-9-18-14(20-2-4-27-5-3-20)11-15(19-9)21(7-17-11)16-13(23)12(22)10(29-16)6-28-8-30(24,25)26;1-9-18-14(20-4-2-3-5-20)11-15(19-9)21(7-17-11)16-13(23)12(22)10(28-16)6-27-8-29(24,25)26;1-2-3-16-11-8-12(19-14(15)18-11)20(5-17-8)13-10(22)9(21)7(27-13)4-26-6-28(23,24)25/h8,11-12,14-15,18,24-25H,3-7,9H2,1-2H3,(H2,26,27,28);8,11,13-14,17,23-24H,2-7,9H2,1H3,(H2,25,26,27);7,10,12-13,16,22-23H,2-6,8H2,1H3,(H2,24,25,26);7,10,12-13,16,22-23H,2-6,8H2,1H3,(H2,24,25,26);5,7,9-10,13,21-22H,2-4,6H2,1H3,(H,16,18,19)(H2,23,24,25)/t12-,14-,15-,18-;11-,13-,14-,17-;2*10-,12-,13-,16-;7-,9-,10-,13-/m11111/s1. The van der Waals surface area contributed by atoms with Crippen LogP contribution in [-0.4, -0.2) is 439 Å². The molecule has 10 aromatic heterocycles. The highest BCUT2D eigenvalue weighted by molar-refractivity contribution is 7.52. The third-order valence-electron chi connectivity index (χ3n) is 25.2. The minimum Gasteiger partial charge on any atom is -0.387 e. The van der Waals surface area contributed by atoms with Gasteiger partial charge in [0.25, 0.3) is 0 Å². The first kappa shape index (κ1) is 115. The van der Waals surface area contributed by atoms with Crippen molar-refractivity contribution in [2.45, 2.75) is 215 Å². The summed E-state index contributed by atoms with van der Waals surface area (Å²) >= 11 is 5.99. The van der Waals surface area contributed by atoms with Crippen molar-refractivity contribution in [2.75, 3.05) is 169 Å². The maximum Gasteiger partial charge on any atom is 0.350 e. The number of morpholine rings is 1. The zero-order valence-electron chi connectivity index (χ0n) is 81.2. The molecule has 826 valence electrons. The Hall–Kier alpha value is -8.09. The summed E-state index contributed by atoms with van der Waals surface area (Å²) in [6.07, 6.45) is -11.4. The van der Waals surface area contributed by atoms with Crippen LogP contribution < -0.4 is 24.9 Å². The van der Waals surface area contributed by atoms with Crippen molar-refractivity contribution in [1.29, 1.82) is 0 Å². The molecule has 149 heavy (non-hydrogen) atoms. The number of hydrogen-bond acceptors (Lipinski definition) is 47. The van der Waals surface area contributed by atoms with Gasteiger partial charge in [-0.2, -0.15) is 9.97 Å². The molecule has 0 bridgehead atoms. The van der Waals surface area contributed by atoms with Crippen LogP contribution >= 0.6 is 49.6 Å². The third kappa shape index (κ3) is 28.2. The van der Waals surface area contributed by atoms with Crippen LogP contribution in [0, 0.1) is 27.7 Å². The quantitative estimate of drug-likeness (QED) is 0.0152. The largest absolute Gasteiger partial charge is 0.387 e. The number of rotatable bonds is 33. The van der Waals surface area contributed by atoms with Crippen molar-refractivity contribution in [3.8, 4) is 0 Å². The van der Waals surface area contributed by atoms with E-state index < -0.39 is 192 Å². The Labute approximate surface area is 851 Å². The van der Waals surface area contributed by atoms with E-state index in [2.05, 4.69) is 99.7 Å². The van der Waals surface area contributed by atoms with E-state index in [0.717, 1.165) is 95.9 Å². The predicted molar refractivity (Wildman–Crippen MR) is 516 cm³/mol. The molecule has 9 aliphatic rings. The summed E-state index contributed by atoms with van der Waals surface area (Å²) < 4.78 is 126. The Kier molecular flexibility index (Phi) is 38.1. The number of nitrogens with zero attached hydrogens (tertiary/aromatic N) is 24. The maximum atomic E-state index is 11.0. The Morgan fingerprint density at radius 2 is 0.591 bits per heavy atom. The molecule has 0 aliphatic carbocycles. The molecule has 62 nitrogen and oxygen atoms in total. The van der Waals surface area contributed by atoms with Crippen molar-refractivity contribution >= 4 is 134 Å². The van der Waals surface area contributed by atoms with Crippen molar-refractivity contribution in [3.63, 3.8) is 0 Å². The normalized spacial score (nSPS) is 27.3. The van der Waals surface area contributed by atoms with E-state index >= 15 is 0 Å². The van der Waals surface area contributed by atoms with E-state index in [-0.39, 0.29) is 44.4 Å². The molecular weight excluding hydrogens is 2110 g/mol. The highest BCUT2D eigenvalue weighted by Gasteiger charge is 2.51. The molecule has 10 aromatic rings. The molecule has 0 unspecified atom stereocenters. The van der Waals surface area contributed by atoms with E-state index in [9.17, 15) is 73.9 Å². The lowest BCUT2D eigenvalue weighted by atomic mass is 10.1. The van der Waals surface area contributed by atoms with Gasteiger partial charge in [0.15, 0.2) is 116 Å². The van der Waals surface area contributed by atoms with Crippen molar-refractivity contribution in [2.24, 2.45) is 0 Å². The third-order valence-corrected chi connectivity index (χ3v) is 28.0. The fraction of sp³-hybridized carbons (Fsp3) is 0.691. The Balaban J connectivity index is 0.000000139. The lowest BCUT2D eigenvalue weighted by Crippen LogP contribution is -2.37. The second kappa shape index (κ2) is 49.3. The number of anilines is 5. The SMILES string of the molecule is CCCNc1nc(Cl)nc2c1ncn2[C@@H]1O[C@H](COCP(=O)(O)O)[C@@H](O)[C@H]1O.COC1CCN(c2nc(C)nc3c2ncn3[C@@H]2O[C@H](COCP(=O)(O)O)[C@@H](O)[C@H]2O)CC1.Cc1nc(N2CCCC2)c2ncn([C@@H]3O[C@H](COCP(=O)(O)O)[C@@H](O)[C@H]3O)c2n1.Cc1nc(N2CCCCC2)c2ncn([C@@H]3O[C@H](COCP(=O)(O)O)[C@@H](O)[C@H]3O)c2n1.Cc1nc(N2CCOCC2)c2ncn([C@@H]3O[C@H](COCP(=O)(O)O)[C@@H](O)[C@H]3O)c2n1. The predicted octanol–water partition coefficient (Wildman–Crippen LogP) is -2.26. The second-order valence-corrected chi connectivity index (χ2v) is 44.9. The lowest BCUT2D eigenvalue weighted by Gasteiger charge is -2.32. The van der Waals surface area contributed by atoms with Crippen LogP contribution in [0.5, 0.6) is 0 Å². The smallest absolute Gasteiger partial charge is 0.350 e. The number of fused-ring (bicyclic) bond motifs is 5. The fourth-order valence-corrected chi connectivity index (χ4v) is 20.0. The van der Waals surface area contributed by atoms with Crippen LogP contribution in [0.25, 0.3) is 55.8 Å². The molecule has 0 saturated carbocycles. The number of aliphatic hydroxyl groups excluding tert-OH is 10. The van der Waals surface area contributed by atoms with Crippen LogP contribution in [-0.2, 0) is 79.7 Å². The van der Waals surface area contributed by atoms with Gasteiger partial charge in [-0.25, -0.2) is 64.8 Å². The molecule has 19 heterocycles. The number of nitrogens with one attached hydrogen (secondary N) is 1. The lowest BCUT2D eigenvalue weighted by molar-refractivity contribution is -0.0613. The average Bonchev–Trinajstić information content (AvgIpc) is 1.63. The molecule has 9 aliphatic heterocycles. The summed E-state index contributed by atoms with van der Waals surface area (Å²) in [5, 5.41) is 107. The number of halogens is 1. The summed E-state index contributed by atoms with van der Waals surface area (Å²) in [5.41, 5.74) is 4.84. The van der Waals surface area contributed by atoms with Crippen molar-refractivity contribution in [1.82, 2.24) is 97.6 Å². The van der Waals surface area contributed by atoms with Gasteiger partial charge in [-0.3, -0.25) is 45.7 Å². The zero-order valence-corrected chi connectivity index (χ0v) is 86.5. The Morgan fingerprint density at radius 1 is 0.342 bits per heavy atom. The topological polar surface area (TPSA) is 844 Å². The van der Waals surface area contributed by atoms with Crippen LogP contribution in [0.3, 0.4) is 0 Å². The summed E-state index contributed by atoms with van der Waals surface area (Å²) in [6, 6.07) is 0. The van der Waals surface area contributed by atoms with Gasteiger partial charge in [0, 0.05) is 66.0 Å². The van der Waals surface area contributed by atoms with Gasteiger partial charge in [0.1, 0.15) is 147 Å². The van der Waals surface area contributed by atoms with E-state index in [4.69, 9.17) is 117 Å². The Bertz CT molecular complexity index is 6290. The average molecular weight is 2230 g/mol. The number of piperidine rings is 2. The summed E-state index contributed by atoms with van der Waals surface area (Å²) in [7, 11) is -20.0. The highest BCUT2D eigenvalue weighted by Crippen LogP contribution is 2.45. The molecule has 0 aromatic carbocycles. The van der Waals surface area contributed by atoms with E-state index in [1.165, 1.54) is 51.8 Å². The minimum atomic E-state index is -4.35. The second-order valence-electron chi connectivity index (χ2n) is 36.6. The van der Waals surface area contributed by atoms with E-state index in [0.29, 0.717) is 129 Å². The monoisotopic (exact) mass is 2230 g/mol. The van der Waals surface area contributed by atoms with Crippen LogP contribution in [0.15, 0.2) is 31.6 Å². The van der Waals surface area contributed by atoms with Crippen molar-refractivity contribution < 1.29 is 180 Å². The van der Waals surface area contributed by atoms with Gasteiger partial charge in [-0.1, -0.05) is 6.92 Å². The summed E-state index contributed by atoms with van der Waals surface area (Å²) in [6.45, 7) is 15.8. The summed E-state index contributed by atoms with van der Waals surface area (Å²) in [5.74, 6) is 5.41. The number of ether oxygens (including phenoxy) is 12. The number of imidazole rings is 5. The Morgan fingerprint density at radius 3 is 0.852 bits per heavy atom. The fourth-order valence-electron chi connectivity index (χ4n) is 18.1. The van der Waals surface area contributed by atoms with Gasteiger partial charge in [-0.05, 0) is 90.7 Å². The first-order valence-electron chi connectivity index (χ1n) is 47.4. The first-order chi connectivity index (χ1) is 70.6. The number of aryl methyl sites for hydroxylation is 4.